The number of imidazole rings is 1. The molecule has 1 amide bonds. The topological polar surface area (TPSA) is 96.7 Å². The molecule has 1 aliphatic heterocycles. The summed E-state index contributed by atoms with van der Waals surface area (Å²) in [6, 6.07) is 4.06. The zero-order chi connectivity index (χ0) is 23.8. The first-order chi connectivity index (χ1) is 15.6. The second-order valence-corrected chi connectivity index (χ2v) is 9.73. The third kappa shape index (κ3) is 5.47. The Bertz CT molecular complexity index is 1160. The largest absolute Gasteiger partial charge is 0.444 e. The van der Waals surface area contributed by atoms with Crippen molar-refractivity contribution in [3.8, 4) is 0 Å². The van der Waals surface area contributed by atoms with Crippen molar-refractivity contribution in [1.29, 1.82) is 0 Å². The molecule has 0 spiro atoms. The van der Waals surface area contributed by atoms with Crippen LogP contribution in [0, 0.1) is 13.8 Å². The average molecular weight is 472 g/mol. The zero-order valence-electron chi connectivity index (χ0n) is 19.6. The van der Waals surface area contributed by atoms with E-state index in [0.717, 1.165) is 35.6 Å². The van der Waals surface area contributed by atoms with Crippen LogP contribution < -0.4 is 10.6 Å². The summed E-state index contributed by atoms with van der Waals surface area (Å²) in [4.78, 5) is 27.5. The minimum absolute atomic E-state index is 0.149. The predicted octanol–water partition coefficient (Wildman–Crippen LogP) is 4.95. The third-order valence-corrected chi connectivity index (χ3v) is 5.87. The first-order valence-corrected chi connectivity index (χ1v) is 11.5. The molecule has 33 heavy (non-hydrogen) atoms. The number of carbonyl (C=O) groups excluding carboxylic acids is 1. The Morgan fingerprint density at radius 2 is 1.94 bits per heavy atom. The summed E-state index contributed by atoms with van der Waals surface area (Å²) in [6.07, 6.45) is 4.83. The molecule has 4 rings (SSSR count). The van der Waals surface area contributed by atoms with Crippen LogP contribution in [0.25, 0.3) is 5.65 Å². The zero-order valence-corrected chi connectivity index (χ0v) is 20.4. The van der Waals surface area contributed by atoms with Crippen LogP contribution in [0.15, 0.2) is 24.5 Å². The third-order valence-electron chi connectivity index (χ3n) is 5.59. The summed E-state index contributed by atoms with van der Waals surface area (Å²) in [7, 11) is 0. The SMILES string of the molecule is Cc1nc2cc(Nc3ncc(Cl)c(NC4CCN(C(=O)OC(C)(C)C)CC4)n3)ccn2c1C. The minimum Gasteiger partial charge on any atom is -0.444 e. The van der Waals surface area contributed by atoms with E-state index >= 15 is 0 Å². The standard InChI is InChI=1S/C23H30ClN7O2/c1-14-15(2)31-11-8-17(12-19(31)26-14)28-21-25-13-18(24)20(29-21)27-16-6-9-30(10-7-16)22(32)33-23(3,4)5/h8,11-13,16H,6-7,9-10H2,1-5H3,(H2,25,27,28,29). The summed E-state index contributed by atoms with van der Waals surface area (Å²) >= 11 is 6.36. The average Bonchev–Trinajstić information content (AvgIpc) is 3.03. The first kappa shape index (κ1) is 23.1. The van der Waals surface area contributed by atoms with Crippen molar-refractivity contribution in [3.63, 3.8) is 0 Å². The van der Waals surface area contributed by atoms with Crippen molar-refractivity contribution < 1.29 is 9.53 Å². The number of nitrogens with zero attached hydrogens (tertiary/aromatic N) is 5. The number of aryl methyl sites for hydroxylation is 2. The number of ether oxygens (including phenoxy) is 1. The molecule has 0 radical (unpaired) electrons. The van der Waals surface area contributed by atoms with Crippen LogP contribution in [-0.4, -0.2) is 55.1 Å². The molecule has 9 nitrogen and oxygen atoms in total. The molecule has 0 unspecified atom stereocenters. The van der Waals surface area contributed by atoms with Crippen LogP contribution in [0.3, 0.4) is 0 Å². The number of piperidine rings is 1. The molecular formula is C23H30ClN7O2. The number of aromatic nitrogens is 4. The number of carbonyl (C=O) groups is 1. The molecule has 176 valence electrons. The number of pyridine rings is 1. The van der Waals surface area contributed by atoms with Crippen molar-refractivity contribution in [2.45, 2.75) is 59.1 Å². The van der Waals surface area contributed by atoms with Crippen molar-refractivity contribution in [3.05, 3.63) is 40.9 Å². The van der Waals surface area contributed by atoms with Gasteiger partial charge in [-0.25, -0.2) is 14.8 Å². The van der Waals surface area contributed by atoms with Crippen LogP contribution in [0.5, 0.6) is 0 Å². The summed E-state index contributed by atoms with van der Waals surface area (Å²) in [5, 5.41) is 7.08. The highest BCUT2D eigenvalue weighted by Crippen LogP contribution is 2.25. The van der Waals surface area contributed by atoms with E-state index < -0.39 is 5.60 Å². The van der Waals surface area contributed by atoms with E-state index in [4.69, 9.17) is 16.3 Å². The van der Waals surface area contributed by atoms with Gasteiger partial charge in [-0.15, -0.1) is 0 Å². The highest BCUT2D eigenvalue weighted by atomic mass is 35.5. The smallest absolute Gasteiger partial charge is 0.410 e. The van der Waals surface area contributed by atoms with E-state index in [1.54, 1.807) is 11.1 Å². The van der Waals surface area contributed by atoms with Crippen molar-refractivity contribution in [2.75, 3.05) is 23.7 Å². The van der Waals surface area contributed by atoms with Gasteiger partial charge in [-0.2, -0.15) is 4.98 Å². The molecule has 4 heterocycles. The first-order valence-electron chi connectivity index (χ1n) is 11.1. The van der Waals surface area contributed by atoms with Gasteiger partial charge in [0, 0.05) is 42.8 Å². The number of amides is 1. The van der Waals surface area contributed by atoms with Gasteiger partial charge in [-0.3, -0.25) is 0 Å². The number of rotatable bonds is 4. The maximum Gasteiger partial charge on any atom is 0.410 e. The molecule has 1 saturated heterocycles. The molecule has 1 aliphatic rings. The minimum atomic E-state index is -0.496. The van der Waals surface area contributed by atoms with E-state index in [0.29, 0.717) is 29.9 Å². The molecule has 0 aliphatic carbocycles. The Balaban J connectivity index is 1.39. The van der Waals surface area contributed by atoms with Gasteiger partial charge in [0.15, 0.2) is 5.82 Å². The molecule has 2 N–H and O–H groups in total. The van der Waals surface area contributed by atoms with Gasteiger partial charge in [-0.1, -0.05) is 11.6 Å². The van der Waals surface area contributed by atoms with Crippen molar-refractivity contribution >= 4 is 40.8 Å². The lowest BCUT2D eigenvalue weighted by Gasteiger charge is -2.34. The van der Waals surface area contributed by atoms with Crippen LogP contribution in [-0.2, 0) is 4.74 Å². The second-order valence-electron chi connectivity index (χ2n) is 9.33. The summed E-state index contributed by atoms with van der Waals surface area (Å²) < 4.78 is 7.51. The predicted molar refractivity (Wildman–Crippen MR) is 129 cm³/mol. The molecule has 3 aromatic heterocycles. The molecule has 0 aromatic carbocycles. The second kappa shape index (κ2) is 9.05. The highest BCUT2D eigenvalue weighted by molar-refractivity contribution is 6.32. The van der Waals surface area contributed by atoms with Gasteiger partial charge >= 0.3 is 6.09 Å². The van der Waals surface area contributed by atoms with Crippen molar-refractivity contribution in [1.82, 2.24) is 24.3 Å². The van der Waals surface area contributed by atoms with Crippen LogP contribution >= 0.6 is 11.6 Å². The van der Waals surface area contributed by atoms with Crippen LogP contribution in [0.1, 0.15) is 45.0 Å². The van der Waals surface area contributed by atoms with Crippen LogP contribution in [0.2, 0.25) is 5.02 Å². The molecule has 1 fully saturated rings. The van der Waals surface area contributed by atoms with E-state index in [2.05, 4.69) is 25.6 Å². The van der Waals surface area contributed by atoms with Gasteiger partial charge in [0.05, 0.1) is 11.9 Å². The molecular weight excluding hydrogens is 442 g/mol. The molecule has 10 heteroatoms. The lowest BCUT2D eigenvalue weighted by atomic mass is 10.1. The fourth-order valence-corrected chi connectivity index (χ4v) is 3.89. The van der Waals surface area contributed by atoms with Gasteiger partial charge in [0.1, 0.15) is 16.3 Å². The lowest BCUT2D eigenvalue weighted by molar-refractivity contribution is 0.0210. The Kier molecular flexibility index (Phi) is 6.34. The van der Waals surface area contributed by atoms with E-state index in [-0.39, 0.29) is 12.1 Å². The lowest BCUT2D eigenvalue weighted by Crippen LogP contribution is -2.44. The maximum atomic E-state index is 12.3. The number of hydrogen-bond acceptors (Lipinski definition) is 7. The van der Waals surface area contributed by atoms with E-state index in [1.165, 1.54) is 0 Å². The molecule has 0 bridgehead atoms. The quantitative estimate of drug-likeness (QED) is 0.555. The number of halogens is 1. The Morgan fingerprint density at radius 3 is 2.64 bits per heavy atom. The monoisotopic (exact) mass is 471 g/mol. The number of nitrogens with one attached hydrogen (secondary N) is 2. The number of hydrogen-bond donors (Lipinski definition) is 2. The van der Waals surface area contributed by atoms with Gasteiger partial charge in [0.25, 0.3) is 0 Å². The molecule has 0 atom stereocenters. The van der Waals surface area contributed by atoms with E-state index in [1.807, 2.05) is 57.3 Å². The summed E-state index contributed by atoms with van der Waals surface area (Å²) in [6.45, 7) is 10.9. The number of anilines is 3. The fourth-order valence-electron chi connectivity index (χ4n) is 3.75. The Morgan fingerprint density at radius 1 is 1.21 bits per heavy atom. The van der Waals surface area contributed by atoms with Gasteiger partial charge in [-0.05, 0) is 53.5 Å². The van der Waals surface area contributed by atoms with Gasteiger partial charge in [0.2, 0.25) is 5.95 Å². The number of fused-ring (bicyclic) bond motifs is 1. The molecule has 0 saturated carbocycles. The number of likely N-dealkylation sites (tertiary alicyclic amines) is 1. The maximum absolute atomic E-state index is 12.3. The van der Waals surface area contributed by atoms with Gasteiger partial charge < -0.3 is 24.7 Å². The van der Waals surface area contributed by atoms with E-state index in [9.17, 15) is 4.79 Å². The Labute approximate surface area is 198 Å². The summed E-state index contributed by atoms with van der Waals surface area (Å²) in [5.74, 6) is 1.01. The fraction of sp³-hybridized carbons (Fsp3) is 0.478. The highest BCUT2D eigenvalue weighted by Gasteiger charge is 2.27. The molecule has 3 aromatic rings. The Hall–Kier alpha value is -3.07. The summed E-state index contributed by atoms with van der Waals surface area (Å²) in [5.41, 5.74) is 3.32. The van der Waals surface area contributed by atoms with Crippen LogP contribution in [0.4, 0.5) is 22.2 Å². The van der Waals surface area contributed by atoms with Crippen molar-refractivity contribution in [2.24, 2.45) is 0 Å². The normalized spacial score (nSPS) is 15.0.